The molecule has 0 atom stereocenters. The van der Waals surface area contributed by atoms with Gasteiger partial charge in [0, 0.05) is 28.2 Å². The van der Waals surface area contributed by atoms with E-state index >= 15 is 0 Å². The van der Waals surface area contributed by atoms with Crippen LogP contribution in [0.5, 0.6) is 0 Å². The number of amides is 1. The molecule has 21 heavy (non-hydrogen) atoms. The van der Waals surface area contributed by atoms with Crippen LogP contribution in [-0.4, -0.2) is 10.9 Å². The minimum Gasteiger partial charge on any atom is -0.321 e. The molecule has 0 radical (unpaired) electrons. The van der Waals surface area contributed by atoms with Gasteiger partial charge in [-0.1, -0.05) is 18.2 Å². The van der Waals surface area contributed by atoms with Gasteiger partial charge in [0.2, 0.25) is 0 Å². The number of pyridine rings is 1. The van der Waals surface area contributed by atoms with Crippen molar-refractivity contribution in [2.75, 3.05) is 5.32 Å². The van der Waals surface area contributed by atoms with E-state index in [0.29, 0.717) is 5.56 Å². The van der Waals surface area contributed by atoms with Crippen LogP contribution in [0.25, 0.3) is 10.8 Å². The average molecular weight is 294 g/mol. The second-order valence-electron chi connectivity index (χ2n) is 4.86. The lowest BCUT2D eigenvalue weighted by Crippen LogP contribution is -2.13. The number of hydrogen-bond donors (Lipinski definition) is 2. The van der Waals surface area contributed by atoms with Gasteiger partial charge in [-0.05, 0) is 42.1 Å². The second-order valence-corrected chi connectivity index (χ2v) is 5.37. The van der Waals surface area contributed by atoms with Crippen LogP contribution in [0.1, 0.15) is 15.9 Å². The smallest absolute Gasteiger partial charge is 0.255 e. The molecule has 0 fully saturated rings. The Balaban J connectivity index is 1.99. The summed E-state index contributed by atoms with van der Waals surface area (Å²) >= 11 is 4.29. The molecule has 0 bridgehead atoms. The number of aromatic nitrogens is 1. The van der Waals surface area contributed by atoms with Crippen LogP contribution in [0.15, 0.2) is 59.8 Å². The van der Waals surface area contributed by atoms with E-state index in [1.54, 1.807) is 18.5 Å². The van der Waals surface area contributed by atoms with Gasteiger partial charge < -0.3 is 5.32 Å². The van der Waals surface area contributed by atoms with Gasteiger partial charge in [0.25, 0.3) is 5.91 Å². The summed E-state index contributed by atoms with van der Waals surface area (Å²) in [6.45, 7) is 1.91. The number of benzene rings is 2. The number of rotatable bonds is 2. The van der Waals surface area contributed by atoms with Crippen molar-refractivity contribution in [3.8, 4) is 0 Å². The van der Waals surface area contributed by atoms with Crippen molar-refractivity contribution in [2.24, 2.45) is 0 Å². The largest absolute Gasteiger partial charge is 0.321 e. The van der Waals surface area contributed by atoms with Crippen molar-refractivity contribution in [3.63, 3.8) is 0 Å². The summed E-state index contributed by atoms with van der Waals surface area (Å²) in [4.78, 5) is 17.4. The first-order valence-electron chi connectivity index (χ1n) is 6.59. The number of carbonyl (C=O) groups is 1. The summed E-state index contributed by atoms with van der Waals surface area (Å²) in [5.41, 5.74) is 2.31. The van der Waals surface area contributed by atoms with Gasteiger partial charge in [-0.2, -0.15) is 0 Å². The molecule has 1 amide bonds. The van der Waals surface area contributed by atoms with Crippen molar-refractivity contribution in [3.05, 3.63) is 66.0 Å². The van der Waals surface area contributed by atoms with Crippen LogP contribution >= 0.6 is 12.6 Å². The number of carbonyl (C=O) groups excluding carboxylic acids is 1. The van der Waals surface area contributed by atoms with Crippen LogP contribution in [-0.2, 0) is 0 Å². The average Bonchev–Trinajstić information content (AvgIpc) is 2.50. The molecule has 3 aromatic rings. The minimum absolute atomic E-state index is 0.139. The van der Waals surface area contributed by atoms with E-state index in [1.165, 1.54) is 0 Å². The lowest BCUT2D eigenvalue weighted by Gasteiger charge is -2.10. The van der Waals surface area contributed by atoms with Crippen molar-refractivity contribution in [2.45, 2.75) is 11.8 Å². The first-order valence-corrected chi connectivity index (χ1v) is 7.03. The van der Waals surface area contributed by atoms with E-state index in [2.05, 4.69) is 22.9 Å². The molecule has 0 unspecified atom stereocenters. The Morgan fingerprint density at radius 2 is 2.05 bits per heavy atom. The van der Waals surface area contributed by atoms with Gasteiger partial charge in [-0.25, -0.2) is 0 Å². The molecule has 4 heteroatoms. The fourth-order valence-corrected chi connectivity index (χ4v) is 2.47. The standard InChI is InChI=1S/C17H14N2OS/c1-11-5-6-13(21)9-14(11)17(20)19-16-4-2-3-12-7-8-18-10-15(12)16/h2-10,21H,1H3,(H,19,20). The Morgan fingerprint density at radius 1 is 1.19 bits per heavy atom. The molecule has 0 aliphatic carbocycles. The quantitative estimate of drug-likeness (QED) is 0.699. The van der Waals surface area contributed by atoms with Gasteiger partial charge in [-0.15, -0.1) is 12.6 Å². The van der Waals surface area contributed by atoms with E-state index in [4.69, 9.17) is 0 Å². The molecule has 0 saturated heterocycles. The predicted molar refractivity (Wildman–Crippen MR) is 88.1 cm³/mol. The van der Waals surface area contributed by atoms with E-state index in [0.717, 1.165) is 26.9 Å². The first kappa shape index (κ1) is 13.6. The van der Waals surface area contributed by atoms with Crippen molar-refractivity contribution in [1.82, 2.24) is 4.98 Å². The minimum atomic E-state index is -0.139. The zero-order chi connectivity index (χ0) is 14.8. The highest BCUT2D eigenvalue weighted by Crippen LogP contribution is 2.23. The normalized spacial score (nSPS) is 10.6. The summed E-state index contributed by atoms with van der Waals surface area (Å²) in [5.74, 6) is -0.139. The number of fused-ring (bicyclic) bond motifs is 1. The van der Waals surface area contributed by atoms with Crippen molar-refractivity contribution < 1.29 is 4.79 Å². The van der Waals surface area contributed by atoms with Crippen LogP contribution in [0.4, 0.5) is 5.69 Å². The molecule has 1 N–H and O–H groups in total. The Labute approximate surface area is 128 Å². The Kier molecular flexibility index (Phi) is 3.62. The fraction of sp³-hybridized carbons (Fsp3) is 0.0588. The molecule has 1 aromatic heterocycles. The first-order chi connectivity index (χ1) is 10.1. The summed E-state index contributed by atoms with van der Waals surface area (Å²) in [5, 5.41) is 4.92. The summed E-state index contributed by atoms with van der Waals surface area (Å²) < 4.78 is 0. The Hall–Kier alpha value is -2.33. The monoisotopic (exact) mass is 294 g/mol. The molecular formula is C17H14N2OS. The van der Waals surface area contributed by atoms with Gasteiger partial charge in [0.15, 0.2) is 0 Å². The van der Waals surface area contributed by atoms with E-state index in [-0.39, 0.29) is 5.91 Å². The Morgan fingerprint density at radius 3 is 2.90 bits per heavy atom. The van der Waals surface area contributed by atoms with E-state index in [1.807, 2.05) is 43.3 Å². The molecule has 3 rings (SSSR count). The molecular weight excluding hydrogens is 280 g/mol. The summed E-state index contributed by atoms with van der Waals surface area (Å²) in [7, 11) is 0. The third kappa shape index (κ3) is 2.76. The third-order valence-corrected chi connectivity index (χ3v) is 3.68. The van der Waals surface area contributed by atoms with E-state index < -0.39 is 0 Å². The lowest BCUT2D eigenvalue weighted by atomic mass is 10.1. The molecule has 0 saturated carbocycles. The molecule has 0 aliphatic heterocycles. The maximum absolute atomic E-state index is 12.5. The highest BCUT2D eigenvalue weighted by atomic mass is 32.1. The van der Waals surface area contributed by atoms with Crippen LogP contribution in [0, 0.1) is 6.92 Å². The van der Waals surface area contributed by atoms with Crippen LogP contribution in [0.3, 0.4) is 0 Å². The second kappa shape index (κ2) is 5.58. The zero-order valence-corrected chi connectivity index (χ0v) is 12.4. The maximum Gasteiger partial charge on any atom is 0.255 e. The topological polar surface area (TPSA) is 42.0 Å². The van der Waals surface area contributed by atoms with Crippen LogP contribution in [0.2, 0.25) is 0 Å². The maximum atomic E-state index is 12.5. The zero-order valence-electron chi connectivity index (χ0n) is 11.5. The Bertz CT molecular complexity index is 825. The number of thiol groups is 1. The molecule has 3 nitrogen and oxygen atoms in total. The van der Waals surface area contributed by atoms with Gasteiger partial charge in [0.1, 0.15) is 0 Å². The fourth-order valence-electron chi connectivity index (χ4n) is 2.27. The summed E-state index contributed by atoms with van der Waals surface area (Å²) in [6, 6.07) is 13.2. The molecule has 0 spiro atoms. The molecule has 104 valence electrons. The van der Waals surface area contributed by atoms with Gasteiger partial charge in [-0.3, -0.25) is 9.78 Å². The molecule has 1 heterocycles. The summed E-state index contributed by atoms with van der Waals surface area (Å²) in [6.07, 6.45) is 3.50. The number of aryl methyl sites for hydroxylation is 1. The van der Waals surface area contributed by atoms with E-state index in [9.17, 15) is 4.79 Å². The number of nitrogens with one attached hydrogen (secondary N) is 1. The molecule has 0 aliphatic rings. The number of anilines is 1. The number of nitrogens with zero attached hydrogens (tertiary/aromatic N) is 1. The highest BCUT2D eigenvalue weighted by molar-refractivity contribution is 7.80. The van der Waals surface area contributed by atoms with Gasteiger partial charge in [0.05, 0.1) is 5.69 Å². The van der Waals surface area contributed by atoms with Crippen molar-refractivity contribution in [1.29, 1.82) is 0 Å². The van der Waals surface area contributed by atoms with Crippen molar-refractivity contribution >= 4 is 35.0 Å². The third-order valence-electron chi connectivity index (χ3n) is 3.40. The lowest BCUT2D eigenvalue weighted by molar-refractivity contribution is 0.102. The predicted octanol–water partition coefficient (Wildman–Crippen LogP) is 4.08. The van der Waals surface area contributed by atoms with Crippen LogP contribution < -0.4 is 5.32 Å². The van der Waals surface area contributed by atoms with Gasteiger partial charge >= 0.3 is 0 Å². The highest BCUT2D eigenvalue weighted by Gasteiger charge is 2.11. The number of hydrogen-bond acceptors (Lipinski definition) is 3. The molecule has 2 aromatic carbocycles. The SMILES string of the molecule is Cc1ccc(S)cc1C(=O)Nc1cccc2ccncc12.